The molecule has 0 radical (unpaired) electrons. The molecule has 132 valence electrons. The zero-order valence-corrected chi connectivity index (χ0v) is 15.7. The second kappa shape index (κ2) is 9.25. The molecule has 0 aliphatic heterocycles. The summed E-state index contributed by atoms with van der Waals surface area (Å²) in [5, 5.41) is -0.134. The number of hydrogen-bond donors (Lipinski definition) is 0. The molecule has 26 heavy (non-hydrogen) atoms. The van der Waals surface area contributed by atoms with Gasteiger partial charge < -0.3 is 4.90 Å². The van der Waals surface area contributed by atoms with E-state index in [1.165, 1.54) is 0 Å². The Kier molecular flexibility index (Phi) is 6.50. The molecule has 1 atom stereocenters. The summed E-state index contributed by atoms with van der Waals surface area (Å²) < 4.78 is 0. The molecule has 3 aromatic carbocycles. The fraction of sp³-hybridized carbons (Fsp3) is 0.174. The number of thioether (sulfide) groups is 1. The predicted octanol–water partition coefficient (Wildman–Crippen LogP) is 5.40. The summed E-state index contributed by atoms with van der Waals surface area (Å²) in [4.78, 5) is 16.2. The largest absolute Gasteiger partial charge is 0.333 e. The maximum absolute atomic E-state index is 13.2. The van der Waals surface area contributed by atoms with E-state index in [1.807, 2.05) is 78.6 Å². The van der Waals surface area contributed by atoms with Gasteiger partial charge in [-0.05, 0) is 30.2 Å². The first-order valence-corrected chi connectivity index (χ1v) is 9.68. The smallest absolute Gasteiger partial charge is 0.236 e. The highest BCUT2D eigenvalue weighted by Crippen LogP contribution is 2.25. The topological polar surface area (TPSA) is 20.3 Å². The molecule has 0 aliphatic rings. The van der Waals surface area contributed by atoms with Gasteiger partial charge in [-0.15, -0.1) is 11.8 Å². The maximum Gasteiger partial charge on any atom is 0.236 e. The SMILES string of the molecule is C[C@@H](Sc1ccccc1)C(=O)N(Cc1ccccc1)Cc1ccccc1. The first-order chi connectivity index (χ1) is 12.7. The first kappa shape index (κ1) is 18.3. The molecule has 3 heteroatoms. The van der Waals surface area contributed by atoms with Crippen molar-refractivity contribution in [3.8, 4) is 0 Å². The van der Waals surface area contributed by atoms with Crippen molar-refractivity contribution in [1.29, 1.82) is 0 Å². The van der Waals surface area contributed by atoms with Gasteiger partial charge in [-0.2, -0.15) is 0 Å². The number of nitrogens with zero attached hydrogens (tertiary/aromatic N) is 1. The molecule has 0 aliphatic carbocycles. The number of carbonyl (C=O) groups is 1. The summed E-state index contributed by atoms with van der Waals surface area (Å²) in [5.74, 6) is 0.159. The average Bonchev–Trinajstić information content (AvgIpc) is 2.69. The summed E-state index contributed by atoms with van der Waals surface area (Å²) in [6.45, 7) is 3.23. The highest BCUT2D eigenvalue weighted by molar-refractivity contribution is 8.00. The van der Waals surface area contributed by atoms with E-state index in [2.05, 4.69) is 24.3 Å². The second-order valence-corrected chi connectivity index (χ2v) is 7.65. The molecule has 0 saturated carbocycles. The van der Waals surface area contributed by atoms with Crippen molar-refractivity contribution < 1.29 is 4.79 Å². The van der Waals surface area contributed by atoms with Crippen LogP contribution in [0.15, 0.2) is 95.9 Å². The third-order valence-corrected chi connectivity index (χ3v) is 5.25. The lowest BCUT2D eigenvalue weighted by atomic mass is 10.1. The Morgan fingerprint density at radius 3 is 1.65 bits per heavy atom. The summed E-state index contributed by atoms with van der Waals surface area (Å²) in [6.07, 6.45) is 0. The van der Waals surface area contributed by atoms with Crippen molar-refractivity contribution in [2.75, 3.05) is 0 Å². The van der Waals surface area contributed by atoms with Crippen LogP contribution in [-0.4, -0.2) is 16.1 Å². The third-order valence-electron chi connectivity index (χ3n) is 4.15. The highest BCUT2D eigenvalue weighted by Gasteiger charge is 2.22. The van der Waals surface area contributed by atoms with Crippen molar-refractivity contribution in [3.63, 3.8) is 0 Å². The number of carbonyl (C=O) groups excluding carboxylic acids is 1. The van der Waals surface area contributed by atoms with E-state index in [9.17, 15) is 4.79 Å². The number of benzene rings is 3. The van der Waals surface area contributed by atoms with Gasteiger partial charge in [-0.3, -0.25) is 4.79 Å². The Morgan fingerprint density at radius 2 is 1.19 bits per heavy atom. The van der Waals surface area contributed by atoms with Gasteiger partial charge >= 0.3 is 0 Å². The Balaban J connectivity index is 1.75. The van der Waals surface area contributed by atoms with Crippen molar-refractivity contribution in [1.82, 2.24) is 4.90 Å². The number of amides is 1. The first-order valence-electron chi connectivity index (χ1n) is 8.81. The molecule has 0 bridgehead atoms. The van der Waals surface area contributed by atoms with E-state index in [4.69, 9.17) is 0 Å². The third kappa shape index (κ3) is 5.24. The van der Waals surface area contributed by atoms with Crippen LogP contribution in [0.25, 0.3) is 0 Å². The quantitative estimate of drug-likeness (QED) is 0.525. The van der Waals surface area contributed by atoms with Crippen molar-refractivity contribution in [3.05, 3.63) is 102 Å². The van der Waals surface area contributed by atoms with Crippen LogP contribution >= 0.6 is 11.8 Å². The molecule has 0 fully saturated rings. The van der Waals surface area contributed by atoms with Crippen LogP contribution in [-0.2, 0) is 17.9 Å². The van der Waals surface area contributed by atoms with Crippen LogP contribution in [0.5, 0.6) is 0 Å². The molecule has 0 unspecified atom stereocenters. The predicted molar refractivity (Wildman–Crippen MR) is 109 cm³/mol. The van der Waals surface area contributed by atoms with Gasteiger partial charge in [0, 0.05) is 18.0 Å². The Labute approximate surface area is 159 Å². The zero-order chi connectivity index (χ0) is 18.2. The summed E-state index contributed by atoms with van der Waals surface area (Å²) in [7, 11) is 0. The maximum atomic E-state index is 13.2. The fourth-order valence-electron chi connectivity index (χ4n) is 2.83. The standard InChI is InChI=1S/C23H23NOS/c1-19(26-22-15-9-4-10-16-22)23(25)24(17-20-11-5-2-6-12-20)18-21-13-7-3-8-14-21/h2-16,19H,17-18H2,1H3/t19-/m1/s1. The van der Waals surface area contributed by atoms with E-state index < -0.39 is 0 Å². The molecule has 0 aromatic heterocycles. The lowest BCUT2D eigenvalue weighted by Gasteiger charge is -2.26. The number of hydrogen-bond acceptors (Lipinski definition) is 2. The molecule has 0 heterocycles. The lowest BCUT2D eigenvalue weighted by molar-refractivity contribution is -0.131. The van der Waals surface area contributed by atoms with Crippen LogP contribution in [0.2, 0.25) is 0 Å². The van der Waals surface area contributed by atoms with Gasteiger partial charge in [0.05, 0.1) is 5.25 Å². The molecule has 2 nitrogen and oxygen atoms in total. The fourth-order valence-corrected chi connectivity index (χ4v) is 3.80. The molecule has 1 amide bonds. The number of rotatable bonds is 7. The second-order valence-electron chi connectivity index (χ2n) is 6.24. The Hall–Kier alpha value is -2.52. The van der Waals surface area contributed by atoms with Crippen molar-refractivity contribution in [2.45, 2.75) is 30.2 Å². The molecule has 0 spiro atoms. The van der Waals surface area contributed by atoms with Gasteiger partial charge in [-0.25, -0.2) is 0 Å². The van der Waals surface area contributed by atoms with Gasteiger partial charge in [-0.1, -0.05) is 78.9 Å². The Bertz CT molecular complexity index is 764. The van der Waals surface area contributed by atoms with E-state index in [0.717, 1.165) is 16.0 Å². The molecule has 0 saturated heterocycles. The average molecular weight is 362 g/mol. The van der Waals surface area contributed by atoms with Gasteiger partial charge in [0.15, 0.2) is 0 Å². The van der Waals surface area contributed by atoms with Crippen LogP contribution in [0.4, 0.5) is 0 Å². The lowest BCUT2D eigenvalue weighted by Crippen LogP contribution is -2.35. The van der Waals surface area contributed by atoms with Crippen molar-refractivity contribution >= 4 is 17.7 Å². The molecule has 0 N–H and O–H groups in total. The van der Waals surface area contributed by atoms with Gasteiger partial charge in [0.25, 0.3) is 0 Å². The summed E-state index contributed by atoms with van der Waals surface area (Å²) in [6, 6.07) is 30.4. The molecular weight excluding hydrogens is 338 g/mol. The van der Waals surface area contributed by atoms with E-state index in [-0.39, 0.29) is 11.2 Å². The molecule has 3 aromatic rings. The van der Waals surface area contributed by atoms with E-state index in [0.29, 0.717) is 13.1 Å². The monoisotopic (exact) mass is 361 g/mol. The van der Waals surface area contributed by atoms with Crippen LogP contribution in [0.3, 0.4) is 0 Å². The summed E-state index contributed by atoms with van der Waals surface area (Å²) >= 11 is 1.61. The molecular formula is C23H23NOS. The minimum Gasteiger partial charge on any atom is -0.333 e. The van der Waals surface area contributed by atoms with Gasteiger partial charge in [0.1, 0.15) is 0 Å². The summed E-state index contributed by atoms with van der Waals surface area (Å²) in [5.41, 5.74) is 2.29. The van der Waals surface area contributed by atoms with Crippen molar-refractivity contribution in [2.24, 2.45) is 0 Å². The van der Waals surface area contributed by atoms with Crippen LogP contribution in [0.1, 0.15) is 18.1 Å². The van der Waals surface area contributed by atoms with E-state index >= 15 is 0 Å². The minimum atomic E-state index is -0.134. The zero-order valence-electron chi connectivity index (χ0n) is 14.9. The minimum absolute atomic E-state index is 0.134. The highest BCUT2D eigenvalue weighted by atomic mass is 32.2. The van der Waals surface area contributed by atoms with Gasteiger partial charge in [0.2, 0.25) is 5.91 Å². The van der Waals surface area contributed by atoms with Crippen LogP contribution in [0, 0.1) is 0 Å². The molecule has 3 rings (SSSR count). The normalized spacial score (nSPS) is 11.7. The Morgan fingerprint density at radius 1 is 0.769 bits per heavy atom. The van der Waals surface area contributed by atoms with Crippen LogP contribution < -0.4 is 0 Å². The van der Waals surface area contributed by atoms with E-state index in [1.54, 1.807) is 11.8 Å².